The van der Waals surface area contributed by atoms with E-state index in [1.165, 1.54) is 29.2 Å². The molecule has 0 aromatic heterocycles. The highest BCUT2D eigenvalue weighted by molar-refractivity contribution is 7.91. The molecule has 0 aliphatic carbocycles. The number of carbonyl (C=O) groups excluding carboxylic acids is 1. The van der Waals surface area contributed by atoms with Gasteiger partial charge < -0.3 is 4.90 Å². The molecule has 0 aliphatic heterocycles. The van der Waals surface area contributed by atoms with Crippen LogP contribution in [0.2, 0.25) is 5.02 Å². The normalized spacial score (nSPS) is 13.1. The lowest BCUT2D eigenvalue weighted by Crippen LogP contribution is -2.22. The Morgan fingerprint density at radius 2 is 1.63 bits per heavy atom. The molecule has 30 heavy (non-hydrogen) atoms. The van der Waals surface area contributed by atoms with Gasteiger partial charge in [-0.05, 0) is 54.8 Å². The fourth-order valence-corrected chi connectivity index (χ4v) is 5.79. The summed E-state index contributed by atoms with van der Waals surface area (Å²) >= 11 is 5.89. The first-order valence-electron chi connectivity index (χ1n) is 9.40. The average Bonchev–Trinajstić information content (AvgIpc) is 2.66. The van der Waals surface area contributed by atoms with Crippen molar-refractivity contribution in [2.24, 2.45) is 0 Å². The molecule has 0 radical (unpaired) electrons. The Balaban J connectivity index is 2.42. The lowest BCUT2D eigenvalue weighted by atomic mass is 10.0. The van der Waals surface area contributed by atoms with E-state index < -0.39 is 24.9 Å². The number of amides is 1. The number of sulfone groups is 2. The van der Waals surface area contributed by atoms with Crippen LogP contribution in [0.15, 0.2) is 53.4 Å². The minimum absolute atomic E-state index is 0.000131. The van der Waals surface area contributed by atoms with Crippen LogP contribution in [0.5, 0.6) is 0 Å². The van der Waals surface area contributed by atoms with Crippen LogP contribution in [0.1, 0.15) is 40.4 Å². The largest absolute Gasteiger partial charge is 0.345 e. The molecule has 0 N–H and O–H groups in total. The molecule has 2 rings (SSSR count). The van der Waals surface area contributed by atoms with E-state index in [1.54, 1.807) is 38.4 Å². The monoisotopic (exact) mass is 471 g/mol. The van der Waals surface area contributed by atoms with Crippen LogP contribution >= 0.6 is 11.6 Å². The molecule has 2 aromatic rings. The first-order valence-corrected chi connectivity index (χ1v) is 13.4. The summed E-state index contributed by atoms with van der Waals surface area (Å²) in [4.78, 5) is 13.9. The van der Waals surface area contributed by atoms with Gasteiger partial charge in [0.2, 0.25) is 0 Å². The van der Waals surface area contributed by atoms with E-state index in [2.05, 4.69) is 0 Å². The number of benzene rings is 2. The highest BCUT2D eigenvalue weighted by Gasteiger charge is 2.29. The van der Waals surface area contributed by atoms with Gasteiger partial charge in [-0.3, -0.25) is 4.79 Å². The van der Waals surface area contributed by atoms with Crippen LogP contribution in [0.4, 0.5) is 0 Å². The van der Waals surface area contributed by atoms with E-state index in [9.17, 15) is 21.6 Å². The third-order valence-corrected chi connectivity index (χ3v) is 8.13. The van der Waals surface area contributed by atoms with Crippen LogP contribution in [0.25, 0.3) is 0 Å². The van der Waals surface area contributed by atoms with E-state index >= 15 is 0 Å². The molecule has 0 heterocycles. The van der Waals surface area contributed by atoms with Gasteiger partial charge >= 0.3 is 0 Å². The number of rotatable bonds is 9. The zero-order valence-corrected chi connectivity index (χ0v) is 19.6. The second-order valence-electron chi connectivity index (χ2n) is 7.44. The van der Waals surface area contributed by atoms with Gasteiger partial charge in [0.15, 0.2) is 9.84 Å². The molecule has 1 amide bonds. The molecule has 1 unspecified atom stereocenters. The topological polar surface area (TPSA) is 88.6 Å². The van der Waals surface area contributed by atoms with Crippen LogP contribution in [0.3, 0.4) is 0 Å². The van der Waals surface area contributed by atoms with Crippen LogP contribution in [0, 0.1) is 0 Å². The maximum absolute atomic E-state index is 13.4. The first kappa shape index (κ1) is 24.4. The molecule has 9 heteroatoms. The second kappa shape index (κ2) is 9.94. The summed E-state index contributed by atoms with van der Waals surface area (Å²) in [7, 11) is -3.65. The Labute approximate surface area is 183 Å². The summed E-state index contributed by atoms with van der Waals surface area (Å²) in [6.07, 6.45) is 2.17. The predicted octanol–water partition coefficient (Wildman–Crippen LogP) is 3.77. The Morgan fingerprint density at radius 3 is 2.20 bits per heavy atom. The fraction of sp³-hybridized carbons (Fsp3) is 0.381. The highest BCUT2D eigenvalue weighted by Crippen LogP contribution is 2.34. The van der Waals surface area contributed by atoms with Crippen molar-refractivity contribution < 1.29 is 21.6 Å². The van der Waals surface area contributed by atoms with Gasteiger partial charge in [0.1, 0.15) is 9.84 Å². The van der Waals surface area contributed by atoms with Gasteiger partial charge in [-0.1, -0.05) is 30.2 Å². The highest BCUT2D eigenvalue weighted by atomic mass is 35.5. The lowest BCUT2D eigenvalue weighted by molar-refractivity contribution is 0.0827. The third kappa shape index (κ3) is 6.55. The van der Waals surface area contributed by atoms with E-state index in [0.717, 1.165) is 6.26 Å². The fourth-order valence-electron chi connectivity index (χ4n) is 3.11. The van der Waals surface area contributed by atoms with Crippen molar-refractivity contribution in [2.75, 3.05) is 26.1 Å². The lowest BCUT2D eigenvalue weighted by Gasteiger charge is -2.20. The van der Waals surface area contributed by atoms with Crippen molar-refractivity contribution in [1.29, 1.82) is 0 Å². The maximum Gasteiger partial charge on any atom is 0.253 e. The van der Waals surface area contributed by atoms with Gasteiger partial charge in [0.05, 0.1) is 10.1 Å². The van der Waals surface area contributed by atoms with Crippen LogP contribution in [-0.2, 0) is 19.7 Å². The molecule has 0 bridgehead atoms. The summed E-state index contributed by atoms with van der Waals surface area (Å²) in [5.41, 5.74) is 0.891. The smallest absolute Gasteiger partial charge is 0.253 e. The Hall–Kier alpha value is -1.90. The average molecular weight is 472 g/mol. The van der Waals surface area contributed by atoms with E-state index in [4.69, 9.17) is 11.6 Å². The molecule has 164 valence electrons. The zero-order valence-electron chi connectivity index (χ0n) is 17.2. The van der Waals surface area contributed by atoms with Gasteiger partial charge in [-0.2, -0.15) is 0 Å². The van der Waals surface area contributed by atoms with Gasteiger partial charge in [-0.15, -0.1) is 0 Å². The van der Waals surface area contributed by atoms with Crippen LogP contribution < -0.4 is 0 Å². The van der Waals surface area contributed by atoms with Gasteiger partial charge in [-0.25, -0.2) is 16.8 Å². The van der Waals surface area contributed by atoms with E-state index in [-0.39, 0.29) is 23.0 Å². The van der Waals surface area contributed by atoms with E-state index in [1.807, 2.05) is 0 Å². The SMILES string of the molecule is CN(C)C(=O)c1cccc(C(CCCCS(C)(=O)=O)S(=O)(=O)c2ccc(Cl)cc2)c1. The molecule has 6 nitrogen and oxygen atoms in total. The van der Waals surface area contributed by atoms with Gasteiger partial charge in [0, 0.05) is 36.7 Å². The molecular weight excluding hydrogens is 446 g/mol. The summed E-state index contributed by atoms with van der Waals surface area (Å²) in [6, 6.07) is 12.5. The molecule has 2 aromatic carbocycles. The summed E-state index contributed by atoms with van der Waals surface area (Å²) in [5, 5.41) is -0.481. The van der Waals surface area contributed by atoms with Crippen molar-refractivity contribution in [3.63, 3.8) is 0 Å². The molecule has 0 saturated heterocycles. The second-order valence-corrected chi connectivity index (χ2v) is 12.3. The first-order chi connectivity index (χ1) is 13.9. The van der Waals surface area contributed by atoms with Crippen molar-refractivity contribution in [3.05, 3.63) is 64.7 Å². The minimum atomic E-state index is -3.78. The van der Waals surface area contributed by atoms with Gasteiger partial charge in [0.25, 0.3) is 5.91 Å². The van der Waals surface area contributed by atoms with Crippen molar-refractivity contribution in [3.8, 4) is 0 Å². The Kier molecular flexibility index (Phi) is 8.07. The molecular formula is C21H26ClNO5S2. The summed E-state index contributed by atoms with van der Waals surface area (Å²) in [6.45, 7) is 0. The maximum atomic E-state index is 13.4. The summed E-state index contributed by atoms with van der Waals surface area (Å²) in [5.74, 6) is -0.226. The Bertz CT molecular complexity index is 1090. The third-order valence-electron chi connectivity index (χ3n) is 4.66. The number of hydrogen-bond donors (Lipinski definition) is 0. The van der Waals surface area contributed by atoms with Crippen molar-refractivity contribution in [1.82, 2.24) is 4.90 Å². The Morgan fingerprint density at radius 1 is 1.00 bits per heavy atom. The standard InChI is InChI=1S/C21H26ClNO5S2/c1-23(2)21(24)17-8-6-7-16(15-17)20(9-4-5-14-29(3,25)26)30(27,28)19-12-10-18(22)11-13-19/h6-8,10-13,15,20H,4-5,9,14H2,1-3H3. The van der Waals surface area contributed by atoms with Crippen LogP contribution in [-0.4, -0.2) is 53.7 Å². The molecule has 0 fully saturated rings. The number of hydrogen-bond acceptors (Lipinski definition) is 5. The van der Waals surface area contributed by atoms with E-state index in [0.29, 0.717) is 29.0 Å². The summed E-state index contributed by atoms with van der Waals surface area (Å²) < 4.78 is 49.6. The minimum Gasteiger partial charge on any atom is -0.345 e. The molecule has 0 aliphatic rings. The van der Waals surface area contributed by atoms with Crippen molar-refractivity contribution >= 4 is 37.2 Å². The molecule has 1 atom stereocenters. The predicted molar refractivity (Wildman–Crippen MR) is 119 cm³/mol. The zero-order chi connectivity index (χ0) is 22.5. The van der Waals surface area contributed by atoms with Crippen molar-refractivity contribution in [2.45, 2.75) is 29.4 Å². The number of carbonyl (C=O) groups is 1. The molecule has 0 spiro atoms. The molecule has 0 saturated carbocycles. The quantitative estimate of drug-likeness (QED) is 0.519. The number of halogens is 1. The number of nitrogens with zero attached hydrogens (tertiary/aromatic N) is 1. The number of unbranched alkanes of at least 4 members (excludes halogenated alkanes) is 1.